The highest BCUT2D eigenvalue weighted by Crippen LogP contribution is 2.19. The average Bonchev–Trinajstić information content (AvgIpc) is 2.47. The number of nitrogens with one attached hydrogen (secondary N) is 1. The Kier molecular flexibility index (Phi) is 2.17. The first-order valence-electron chi connectivity index (χ1n) is 4.71. The van der Waals surface area contributed by atoms with Crippen LogP contribution < -0.4 is 5.32 Å². The molecule has 0 unspecified atom stereocenters. The van der Waals surface area contributed by atoms with Crippen LogP contribution in [-0.4, -0.2) is 6.54 Å². The van der Waals surface area contributed by atoms with E-state index in [1.807, 2.05) is 0 Å². The topological polar surface area (TPSA) is 25.2 Å². The zero-order valence-electron chi connectivity index (χ0n) is 7.52. The lowest BCUT2D eigenvalue weighted by molar-refractivity contribution is 0.431. The smallest absolute Gasteiger partial charge is 0.121 e. The molecule has 0 saturated carbocycles. The van der Waals surface area contributed by atoms with Crippen molar-refractivity contribution in [1.29, 1.82) is 0 Å². The van der Waals surface area contributed by atoms with E-state index in [-0.39, 0.29) is 0 Å². The Balaban J connectivity index is 2.20. The van der Waals surface area contributed by atoms with Crippen molar-refractivity contribution in [3.63, 3.8) is 0 Å². The summed E-state index contributed by atoms with van der Waals surface area (Å²) < 4.78 is 5.68. The molecule has 1 aliphatic rings. The Hall–Kier alpha value is -0.760. The van der Waals surface area contributed by atoms with Crippen LogP contribution >= 0.6 is 0 Å². The van der Waals surface area contributed by atoms with E-state index in [4.69, 9.17) is 4.42 Å². The van der Waals surface area contributed by atoms with Gasteiger partial charge in [0, 0.05) is 6.42 Å². The summed E-state index contributed by atoms with van der Waals surface area (Å²) in [7, 11) is 0. The van der Waals surface area contributed by atoms with Crippen molar-refractivity contribution in [3.05, 3.63) is 23.2 Å². The molecule has 0 aliphatic carbocycles. The van der Waals surface area contributed by atoms with E-state index in [1.54, 1.807) is 0 Å². The van der Waals surface area contributed by atoms with Crippen LogP contribution in [0, 0.1) is 0 Å². The summed E-state index contributed by atoms with van der Waals surface area (Å²) >= 11 is 0. The zero-order valence-corrected chi connectivity index (χ0v) is 7.52. The molecule has 2 rings (SSSR count). The van der Waals surface area contributed by atoms with Crippen LogP contribution in [0.3, 0.4) is 0 Å². The van der Waals surface area contributed by atoms with Crippen molar-refractivity contribution < 1.29 is 4.42 Å². The number of hydrogen-bond donors (Lipinski definition) is 1. The normalized spacial score (nSPS) is 16.1. The molecule has 0 saturated heterocycles. The standard InChI is InChI=1S/C10H15NO/c1-2-3-9-6-8-4-5-11-7-10(8)12-9/h6,11H,2-5,7H2,1H3. The quantitative estimate of drug-likeness (QED) is 0.723. The highest BCUT2D eigenvalue weighted by Gasteiger charge is 2.13. The molecule has 0 spiro atoms. The first kappa shape index (κ1) is 7.87. The van der Waals surface area contributed by atoms with Gasteiger partial charge in [-0.3, -0.25) is 0 Å². The van der Waals surface area contributed by atoms with Crippen molar-refractivity contribution in [2.45, 2.75) is 32.7 Å². The lowest BCUT2D eigenvalue weighted by Gasteiger charge is -2.09. The van der Waals surface area contributed by atoms with Gasteiger partial charge in [-0.15, -0.1) is 0 Å². The van der Waals surface area contributed by atoms with E-state index >= 15 is 0 Å². The highest BCUT2D eigenvalue weighted by atomic mass is 16.3. The minimum Gasteiger partial charge on any atom is -0.464 e. The molecule has 0 atom stereocenters. The molecule has 0 fully saturated rings. The van der Waals surface area contributed by atoms with E-state index in [0.717, 1.165) is 37.5 Å². The van der Waals surface area contributed by atoms with Gasteiger partial charge in [-0.1, -0.05) is 6.92 Å². The Morgan fingerprint density at radius 2 is 2.50 bits per heavy atom. The van der Waals surface area contributed by atoms with Crippen LogP contribution in [0.15, 0.2) is 10.5 Å². The van der Waals surface area contributed by atoms with Gasteiger partial charge in [0.2, 0.25) is 0 Å². The minimum absolute atomic E-state index is 0.916. The van der Waals surface area contributed by atoms with Gasteiger partial charge < -0.3 is 9.73 Å². The lowest BCUT2D eigenvalue weighted by Crippen LogP contribution is -2.22. The summed E-state index contributed by atoms with van der Waals surface area (Å²) in [4.78, 5) is 0. The molecule has 2 nitrogen and oxygen atoms in total. The number of rotatable bonds is 2. The summed E-state index contributed by atoms with van der Waals surface area (Å²) in [5.41, 5.74) is 1.41. The van der Waals surface area contributed by atoms with Gasteiger partial charge in [0.1, 0.15) is 11.5 Å². The molecule has 0 aromatic carbocycles. The summed E-state index contributed by atoms with van der Waals surface area (Å²) in [6, 6.07) is 2.22. The molecular weight excluding hydrogens is 150 g/mol. The molecule has 1 aliphatic heterocycles. The van der Waals surface area contributed by atoms with Gasteiger partial charge in [-0.2, -0.15) is 0 Å². The molecule has 0 bridgehead atoms. The van der Waals surface area contributed by atoms with E-state index in [2.05, 4.69) is 18.3 Å². The maximum Gasteiger partial charge on any atom is 0.121 e. The zero-order chi connectivity index (χ0) is 8.39. The molecule has 2 heteroatoms. The molecule has 66 valence electrons. The van der Waals surface area contributed by atoms with E-state index in [0.29, 0.717) is 0 Å². The van der Waals surface area contributed by atoms with Crippen molar-refractivity contribution in [1.82, 2.24) is 5.32 Å². The van der Waals surface area contributed by atoms with Gasteiger partial charge in [0.05, 0.1) is 6.54 Å². The minimum atomic E-state index is 0.916. The van der Waals surface area contributed by atoms with Crippen molar-refractivity contribution in [2.75, 3.05) is 6.54 Å². The van der Waals surface area contributed by atoms with Crippen LogP contribution in [0.5, 0.6) is 0 Å². The first-order valence-corrected chi connectivity index (χ1v) is 4.71. The van der Waals surface area contributed by atoms with Gasteiger partial charge >= 0.3 is 0 Å². The SMILES string of the molecule is CCCc1cc2c(o1)CNCC2. The highest BCUT2D eigenvalue weighted by molar-refractivity contribution is 5.24. The van der Waals surface area contributed by atoms with Crippen molar-refractivity contribution in [2.24, 2.45) is 0 Å². The maximum absolute atomic E-state index is 5.68. The molecule has 0 radical (unpaired) electrons. The Labute approximate surface area is 73.0 Å². The third-order valence-electron chi connectivity index (χ3n) is 2.30. The van der Waals surface area contributed by atoms with Gasteiger partial charge in [-0.25, -0.2) is 0 Å². The predicted molar refractivity (Wildman–Crippen MR) is 48.1 cm³/mol. The largest absolute Gasteiger partial charge is 0.464 e. The lowest BCUT2D eigenvalue weighted by atomic mass is 10.1. The van der Waals surface area contributed by atoms with Gasteiger partial charge in [-0.05, 0) is 31.0 Å². The molecule has 1 N–H and O–H groups in total. The average molecular weight is 165 g/mol. The fourth-order valence-electron chi connectivity index (χ4n) is 1.68. The van der Waals surface area contributed by atoms with E-state index in [1.165, 1.54) is 12.0 Å². The van der Waals surface area contributed by atoms with Gasteiger partial charge in [0.15, 0.2) is 0 Å². The van der Waals surface area contributed by atoms with E-state index < -0.39 is 0 Å². The van der Waals surface area contributed by atoms with Crippen LogP contribution in [0.2, 0.25) is 0 Å². The fourth-order valence-corrected chi connectivity index (χ4v) is 1.68. The summed E-state index contributed by atoms with van der Waals surface area (Å²) in [5, 5.41) is 3.30. The Bertz CT molecular complexity index is 241. The number of aryl methyl sites for hydroxylation is 1. The number of furan rings is 1. The Morgan fingerprint density at radius 3 is 3.25 bits per heavy atom. The summed E-state index contributed by atoms with van der Waals surface area (Å²) in [6.45, 7) is 4.19. The van der Waals surface area contributed by atoms with Crippen LogP contribution in [0.4, 0.5) is 0 Å². The summed E-state index contributed by atoms with van der Waals surface area (Å²) in [5.74, 6) is 2.32. The number of fused-ring (bicyclic) bond motifs is 1. The second-order valence-electron chi connectivity index (χ2n) is 3.34. The number of hydrogen-bond acceptors (Lipinski definition) is 2. The van der Waals surface area contributed by atoms with Gasteiger partial charge in [0.25, 0.3) is 0 Å². The maximum atomic E-state index is 5.68. The van der Waals surface area contributed by atoms with Crippen molar-refractivity contribution >= 4 is 0 Å². The van der Waals surface area contributed by atoms with E-state index in [9.17, 15) is 0 Å². The molecule has 2 heterocycles. The molecular formula is C10H15NO. The fraction of sp³-hybridized carbons (Fsp3) is 0.600. The van der Waals surface area contributed by atoms with Crippen LogP contribution in [0.1, 0.15) is 30.4 Å². The third-order valence-corrected chi connectivity index (χ3v) is 2.30. The molecule has 0 amide bonds. The third kappa shape index (κ3) is 1.39. The first-order chi connectivity index (χ1) is 5.90. The predicted octanol–water partition coefficient (Wildman–Crippen LogP) is 1.88. The second kappa shape index (κ2) is 3.31. The second-order valence-corrected chi connectivity index (χ2v) is 3.34. The van der Waals surface area contributed by atoms with Crippen molar-refractivity contribution in [3.8, 4) is 0 Å². The summed E-state index contributed by atoms with van der Waals surface area (Å²) in [6.07, 6.45) is 3.37. The Morgan fingerprint density at radius 1 is 1.58 bits per heavy atom. The molecule has 1 aromatic heterocycles. The van der Waals surface area contributed by atoms with Crippen LogP contribution in [-0.2, 0) is 19.4 Å². The molecule has 1 aromatic rings. The van der Waals surface area contributed by atoms with Crippen LogP contribution in [0.25, 0.3) is 0 Å². The monoisotopic (exact) mass is 165 g/mol. The molecule has 12 heavy (non-hydrogen) atoms.